The molecule has 0 spiro atoms. The van der Waals surface area contributed by atoms with Crippen LogP contribution in [0.3, 0.4) is 0 Å². The van der Waals surface area contributed by atoms with E-state index in [1.54, 1.807) is 0 Å². The second-order valence-corrected chi connectivity index (χ2v) is 7.18. The van der Waals surface area contributed by atoms with Crippen molar-refractivity contribution in [2.24, 2.45) is 0 Å². The van der Waals surface area contributed by atoms with Crippen LogP contribution < -0.4 is 0 Å². The Balaban J connectivity index is 2.14. The molecule has 0 aliphatic rings. The van der Waals surface area contributed by atoms with Crippen molar-refractivity contribution < 1.29 is 13.9 Å². The zero-order chi connectivity index (χ0) is 15.9. The Kier molecular flexibility index (Phi) is 3.91. The number of hydrogen-bond acceptors (Lipinski definition) is 3. The maximum absolute atomic E-state index is 9.99. The van der Waals surface area contributed by atoms with Gasteiger partial charge in [-0.3, -0.25) is 0 Å². The van der Waals surface area contributed by atoms with E-state index in [1.165, 1.54) is 0 Å². The molecule has 2 heterocycles. The van der Waals surface area contributed by atoms with Crippen LogP contribution in [0.25, 0.3) is 22.3 Å². The Morgan fingerprint density at radius 1 is 1.14 bits per heavy atom. The van der Waals surface area contributed by atoms with Gasteiger partial charge in [-0.15, -0.1) is 0 Å². The molecule has 2 aromatic heterocycles. The quantitative estimate of drug-likeness (QED) is 0.669. The van der Waals surface area contributed by atoms with Gasteiger partial charge in [0.1, 0.15) is 22.9 Å². The summed E-state index contributed by atoms with van der Waals surface area (Å²) in [6.07, 6.45) is 1.28. The van der Waals surface area contributed by atoms with Crippen LogP contribution in [0, 0.1) is 6.92 Å². The van der Waals surface area contributed by atoms with Crippen molar-refractivity contribution in [1.82, 2.24) is 0 Å². The molecule has 0 saturated carbocycles. The minimum atomic E-state index is -0.726. The number of aliphatic hydroxyl groups is 1. The summed E-state index contributed by atoms with van der Waals surface area (Å²) >= 11 is 3.51. The summed E-state index contributed by atoms with van der Waals surface area (Å²) in [5.74, 6) is 2.53. The number of rotatable bonds is 4. The van der Waals surface area contributed by atoms with Gasteiger partial charge in [0.25, 0.3) is 0 Å². The van der Waals surface area contributed by atoms with Crippen molar-refractivity contribution in [2.45, 2.75) is 39.2 Å². The first-order valence-corrected chi connectivity index (χ1v) is 8.13. The second kappa shape index (κ2) is 5.60. The van der Waals surface area contributed by atoms with Crippen molar-refractivity contribution in [3.8, 4) is 11.3 Å². The lowest BCUT2D eigenvalue weighted by Crippen LogP contribution is -2.19. The van der Waals surface area contributed by atoms with Gasteiger partial charge in [0.2, 0.25) is 0 Å². The number of aryl methyl sites for hydroxylation is 2. The van der Waals surface area contributed by atoms with E-state index in [1.807, 2.05) is 51.1 Å². The predicted molar refractivity (Wildman–Crippen MR) is 91.0 cm³/mol. The van der Waals surface area contributed by atoms with E-state index in [4.69, 9.17) is 8.83 Å². The standard InChI is InChI=1S/C18H19BrO3/c1-11-4-6-15(21-11)17-13-10-12(19)5-7-14(13)22-16(17)8-9-18(2,3)20/h4-7,10,20H,8-9H2,1-3H3. The fourth-order valence-corrected chi connectivity index (χ4v) is 2.92. The highest BCUT2D eigenvalue weighted by molar-refractivity contribution is 9.10. The van der Waals surface area contributed by atoms with E-state index < -0.39 is 5.60 Å². The third-order valence-corrected chi connectivity index (χ3v) is 4.17. The van der Waals surface area contributed by atoms with Crippen LogP contribution in [-0.2, 0) is 6.42 Å². The number of furan rings is 2. The first-order chi connectivity index (χ1) is 10.3. The van der Waals surface area contributed by atoms with Crippen molar-refractivity contribution in [2.75, 3.05) is 0 Å². The van der Waals surface area contributed by atoms with E-state index in [-0.39, 0.29) is 0 Å². The predicted octanol–water partition coefficient (Wildman–Crippen LogP) is 5.47. The van der Waals surface area contributed by atoms with Gasteiger partial charge in [0.15, 0.2) is 0 Å². The highest BCUT2D eigenvalue weighted by Crippen LogP contribution is 2.38. The van der Waals surface area contributed by atoms with Crippen LogP contribution in [0.4, 0.5) is 0 Å². The first kappa shape index (κ1) is 15.4. The van der Waals surface area contributed by atoms with Gasteiger partial charge in [-0.05, 0) is 57.5 Å². The summed E-state index contributed by atoms with van der Waals surface area (Å²) in [5.41, 5.74) is 1.09. The molecule has 0 amide bonds. The monoisotopic (exact) mass is 362 g/mol. The normalized spacial score (nSPS) is 12.2. The molecule has 3 nitrogen and oxygen atoms in total. The maximum Gasteiger partial charge on any atom is 0.138 e. The molecular formula is C18H19BrO3. The van der Waals surface area contributed by atoms with E-state index in [0.717, 1.165) is 38.3 Å². The fraction of sp³-hybridized carbons (Fsp3) is 0.333. The molecule has 0 aliphatic carbocycles. The van der Waals surface area contributed by atoms with Crippen molar-refractivity contribution in [3.63, 3.8) is 0 Å². The fourth-order valence-electron chi connectivity index (χ4n) is 2.56. The molecule has 0 bridgehead atoms. The molecule has 1 N–H and O–H groups in total. The van der Waals surface area contributed by atoms with Crippen molar-refractivity contribution in [3.05, 3.63) is 46.3 Å². The van der Waals surface area contributed by atoms with E-state index in [2.05, 4.69) is 15.9 Å². The zero-order valence-corrected chi connectivity index (χ0v) is 14.5. The highest BCUT2D eigenvalue weighted by atomic mass is 79.9. The third kappa shape index (κ3) is 3.13. The van der Waals surface area contributed by atoms with Gasteiger partial charge in [-0.25, -0.2) is 0 Å². The largest absolute Gasteiger partial charge is 0.461 e. The van der Waals surface area contributed by atoms with Crippen LogP contribution in [0.2, 0.25) is 0 Å². The van der Waals surface area contributed by atoms with Gasteiger partial charge in [0.05, 0.1) is 11.2 Å². The molecule has 0 radical (unpaired) electrons. The lowest BCUT2D eigenvalue weighted by molar-refractivity contribution is 0.0700. The Morgan fingerprint density at radius 3 is 2.55 bits per heavy atom. The molecule has 3 rings (SSSR count). The molecule has 22 heavy (non-hydrogen) atoms. The Bertz CT molecular complexity index is 805. The van der Waals surface area contributed by atoms with Crippen LogP contribution in [0.5, 0.6) is 0 Å². The van der Waals surface area contributed by atoms with Crippen LogP contribution in [0.15, 0.2) is 43.6 Å². The molecular weight excluding hydrogens is 344 g/mol. The molecule has 0 fully saturated rings. The topological polar surface area (TPSA) is 46.5 Å². The smallest absolute Gasteiger partial charge is 0.138 e. The summed E-state index contributed by atoms with van der Waals surface area (Å²) in [6, 6.07) is 9.87. The number of benzene rings is 1. The second-order valence-electron chi connectivity index (χ2n) is 6.26. The number of hydrogen-bond donors (Lipinski definition) is 1. The van der Waals surface area contributed by atoms with Crippen LogP contribution in [0.1, 0.15) is 31.8 Å². The summed E-state index contributed by atoms with van der Waals surface area (Å²) in [7, 11) is 0. The summed E-state index contributed by atoms with van der Waals surface area (Å²) in [5, 5.41) is 11.0. The molecule has 0 aliphatic heterocycles. The van der Waals surface area contributed by atoms with Crippen molar-refractivity contribution in [1.29, 1.82) is 0 Å². The first-order valence-electron chi connectivity index (χ1n) is 7.33. The summed E-state index contributed by atoms with van der Waals surface area (Å²) < 4.78 is 12.8. The molecule has 116 valence electrons. The summed E-state index contributed by atoms with van der Waals surface area (Å²) in [6.45, 7) is 5.55. The van der Waals surface area contributed by atoms with Gasteiger partial charge >= 0.3 is 0 Å². The number of halogens is 1. The zero-order valence-electron chi connectivity index (χ0n) is 12.9. The highest BCUT2D eigenvalue weighted by Gasteiger charge is 2.21. The average molecular weight is 363 g/mol. The van der Waals surface area contributed by atoms with Crippen molar-refractivity contribution >= 4 is 26.9 Å². The van der Waals surface area contributed by atoms with E-state index in [0.29, 0.717) is 12.8 Å². The van der Waals surface area contributed by atoms with Gasteiger partial charge in [0, 0.05) is 16.3 Å². The van der Waals surface area contributed by atoms with E-state index in [9.17, 15) is 5.11 Å². The lowest BCUT2D eigenvalue weighted by atomic mass is 9.99. The lowest BCUT2D eigenvalue weighted by Gasteiger charge is -2.15. The van der Waals surface area contributed by atoms with Crippen LogP contribution >= 0.6 is 15.9 Å². The molecule has 0 saturated heterocycles. The Morgan fingerprint density at radius 2 is 1.91 bits per heavy atom. The van der Waals surface area contributed by atoms with Gasteiger partial charge in [-0.1, -0.05) is 15.9 Å². The van der Waals surface area contributed by atoms with Gasteiger partial charge in [-0.2, -0.15) is 0 Å². The Hall–Kier alpha value is -1.52. The average Bonchev–Trinajstić information content (AvgIpc) is 2.98. The maximum atomic E-state index is 9.99. The number of fused-ring (bicyclic) bond motifs is 1. The minimum absolute atomic E-state index is 0.626. The molecule has 0 atom stereocenters. The van der Waals surface area contributed by atoms with Gasteiger partial charge < -0.3 is 13.9 Å². The van der Waals surface area contributed by atoms with Crippen LogP contribution in [-0.4, -0.2) is 10.7 Å². The molecule has 1 aromatic carbocycles. The Labute approximate surface area is 138 Å². The molecule has 0 unspecified atom stereocenters. The SMILES string of the molecule is Cc1ccc(-c2c(CCC(C)(C)O)oc3ccc(Br)cc23)o1. The van der Waals surface area contributed by atoms with E-state index >= 15 is 0 Å². The molecule has 4 heteroatoms. The molecule has 3 aromatic rings. The third-order valence-electron chi connectivity index (χ3n) is 3.67. The minimum Gasteiger partial charge on any atom is -0.461 e. The summed E-state index contributed by atoms with van der Waals surface area (Å²) in [4.78, 5) is 0.